The molecule has 4 nitrogen and oxygen atoms in total. The quantitative estimate of drug-likeness (QED) is 0.657. The maximum absolute atomic E-state index is 8.98. The highest BCUT2D eigenvalue weighted by atomic mass is 35.5. The van der Waals surface area contributed by atoms with Gasteiger partial charge in [-0.25, -0.2) is 4.99 Å². The first-order valence-electron chi connectivity index (χ1n) is 5.10. The van der Waals surface area contributed by atoms with E-state index in [-0.39, 0.29) is 13.0 Å². The normalized spacial score (nSPS) is 22.5. The van der Waals surface area contributed by atoms with Gasteiger partial charge in [0.1, 0.15) is 10.9 Å². The highest BCUT2D eigenvalue weighted by molar-refractivity contribution is 6.70. The van der Waals surface area contributed by atoms with Crippen molar-refractivity contribution in [3.05, 3.63) is 23.8 Å². The molecule has 2 N–H and O–H groups in total. The average Bonchev–Trinajstić information content (AvgIpc) is 2.28. The van der Waals surface area contributed by atoms with Crippen LogP contribution in [0.2, 0.25) is 0 Å². The number of alkyl halides is 1. The van der Waals surface area contributed by atoms with E-state index in [0.717, 1.165) is 5.56 Å². The van der Waals surface area contributed by atoms with Gasteiger partial charge >= 0.3 is 0 Å². The Morgan fingerprint density at radius 3 is 2.94 bits per heavy atom. The van der Waals surface area contributed by atoms with Crippen LogP contribution in [0, 0.1) is 0 Å². The molecule has 1 unspecified atom stereocenters. The minimum atomic E-state index is -1.12. The largest absolute Gasteiger partial charge is 0.495 e. The number of anilines is 1. The van der Waals surface area contributed by atoms with Crippen molar-refractivity contribution in [1.82, 2.24) is 0 Å². The summed E-state index contributed by atoms with van der Waals surface area (Å²) >= 11 is 12.3. The van der Waals surface area contributed by atoms with Crippen LogP contribution in [0.15, 0.2) is 23.2 Å². The van der Waals surface area contributed by atoms with Crippen molar-refractivity contribution in [3.8, 4) is 5.75 Å². The molecular formula is C11H12Cl2N2O2. The molecule has 1 aliphatic rings. The molecule has 0 aliphatic carbocycles. The summed E-state index contributed by atoms with van der Waals surface area (Å²) < 4.78 is 5.24. The Bertz CT molecular complexity index is 465. The van der Waals surface area contributed by atoms with Crippen molar-refractivity contribution >= 4 is 34.1 Å². The maximum atomic E-state index is 8.98. The van der Waals surface area contributed by atoms with E-state index >= 15 is 0 Å². The van der Waals surface area contributed by atoms with Crippen molar-refractivity contribution in [2.75, 3.05) is 19.0 Å². The van der Waals surface area contributed by atoms with Crippen molar-refractivity contribution in [1.29, 1.82) is 0 Å². The molecule has 17 heavy (non-hydrogen) atoms. The minimum absolute atomic E-state index is 0.0886. The summed E-state index contributed by atoms with van der Waals surface area (Å²) in [4.78, 5) is 4.14. The topological polar surface area (TPSA) is 53.8 Å². The van der Waals surface area contributed by atoms with E-state index in [2.05, 4.69) is 10.3 Å². The number of aliphatic hydroxyl groups excluding tert-OH is 1. The Morgan fingerprint density at radius 2 is 2.29 bits per heavy atom. The number of aliphatic imine (C=N–C) groups is 1. The van der Waals surface area contributed by atoms with Gasteiger partial charge in [-0.1, -0.05) is 29.3 Å². The molecule has 2 rings (SSSR count). The van der Waals surface area contributed by atoms with Crippen molar-refractivity contribution in [2.24, 2.45) is 4.99 Å². The molecule has 1 heterocycles. The lowest BCUT2D eigenvalue weighted by molar-refractivity contribution is 0.273. The molecule has 0 saturated carbocycles. The third-order valence-electron chi connectivity index (χ3n) is 2.50. The predicted octanol–water partition coefficient (Wildman–Crippen LogP) is 2.38. The van der Waals surface area contributed by atoms with Crippen LogP contribution in [-0.2, 0) is 0 Å². The van der Waals surface area contributed by atoms with Crippen LogP contribution >= 0.6 is 23.2 Å². The second-order valence-electron chi connectivity index (χ2n) is 3.64. The minimum Gasteiger partial charge on any atom is -0.495 e. The molecule has 0 saturated heterocycles. The lowest BCUT2D eigenvalue weighted by atomic mass is 10.1. The van der Waals surface area contributed by atoms with Gasteiger partial charge in [-0.2, -0.15) is 0 Å². The van der Waals surface area contributed by atoms with Gasteiger partial charge in [-0.15, -0.1) is 0 Å². The standard InChI is InChI=1S/C11H12Cl2N2O2/c1-17-8-4-2-3-7-9(8)14-11(13,5-6-16)15-10(7)12/h2-4,14,16H,5-6H2,1H3. The fraction of sp³-hybridized carbons (Fsp3) is 0.364. The van der Waals surface area contributed by atoms with E-state index in [1.165, 1.54) is 0 Å². The summed E-state index contributed by atoms with van der Waals surface area (Å²) in [7, 11) is 1.57. The number of hydrogen-bond acceptors (Lipinski definition) is 4. The average molecular weight is 275 g/mol. The van der Waals surface area contributed by atoms with Crippen molar-refractivity contribution in [2.45, 2.75) is 11.5 Å². The number of rotatable bonds is 3. The van der Waals surface area contributed by atoms with Gasteiger partial charge in [0.2, 0.25) is 5.12 Å². The number of aliphatic hydroxyl groups is 1. The van der Waals surface area contributed by atoms with E-state index in [1.807, 2.05) is 12.1 Å². The second-order valence-corrected chi connectivity index (χ2v) is 4.63. The lowest BCUT2D eigenvalue weighted by Crippen LogP contribution is -2.35. The molecule has 0 amide bonds. The third-order valence-corrected chi connectivity index (χ3v) is 3.16. The number of fused-ring (bicyclic) bond motifs is 1. The van der Waals surface area contributed by atoms with E-state index in [0.29, 0.717) is 16.6 Å². The lowest BCUT2D eigenvalue weighted by Gasteiger charge is -2.31. The summed E-state index contributed by atoms with van der Waals surface area (Å²) in [6.45, 7) is -0.0886. The van der Waals surface area contributed by atoms with Crippen molar-refractivity contribution in [3.63, 3.8) is 0 Å². The van der Waals surface area contributed by atoms with Crippen LogP contribution in [0.3, 0.4) is 0 Å². The predicted molar refractivity (Wildman–Crippen MR) is 69.3 cm³/mol. The van der Waals surface area contributed by atoms with Crippen LogP contribution in [0.25, 0.3) is 0 Å². The number of hydrogen-bond donors (Lipinski definition) is 2. The second kappa shape index (κ2) is 4.72. The molecule has 6 heteroatoms. The molecule has 1 aromatic carbocycles. The Labute approximate surface area is 109 Å². The Kier molecular flexibility index (Phi) is 3.47. The molecule has 0 bridgehead atoms. The molecule has 0 aromatic heterocycles. The van der Waals surface area contributed by atoms with Crippen LogP contribution < -0.4 is 10.1 Å². The van der Waals surface area contributed by atoms with Gasteiger partial charge in [0.25, 0.3) is 0 Å². The smallest absolute Gasteiger partial charge is 0.210 e. The van der Waals surface area contributed by atoms with E-state index < -0.39 is 5.12 Å². The number of benzene rings is 1. The van der Waals surface area contributed by atoms with Crippen LogP contribution in [0.1, 0.15) is 12.0 Å². The number of methoxy groups -OCH3 is 1. The zero-order valence-electron chi connectivity index (χ0n) is 9.20. The number of para-hydroxylation sites is 1. The van der Waals surface area contributed by atoms with Gasteiger partial charge in [0.15, 0.2) is 0 Å². The summed E-state index contributed by atoms with van der Waals surface area (Å²) in [5.41, 5.74) is 1.43. The van der Waals surface area contributed by atoms with Crippen LogP contribution in [0.4, 0.5) is 5.69 Å². The summed E-state index contributed by atoms with van der Waals surface area (Å²) in [5.74, 6) is 0.638. The SMILES string of the molecule is COc1cccc2c1NC(Cl)(CCO)N=C2Cl. The number of ether oxygens (including phenoxy) is 1. The van der Waals surface area contributed by atoms with Crippen molar-refractivity contribution < 1.29 is 9.84 Å². The Balaban J connectivity index is 2.48. The summed E-state index contributed by atoms with van der Waals surface area (Å²) in [6, 6.07) is 5.45. The molecule has 0 fully saturated rings. The first-order chi connectivity index (χ1) is 8.09. The monoisotopic (exact) mass is 274 g/mol. The molecule has 1 aliphatic heterocycles. The molecule has 1 atom stereocenters. The highest BCUT2D eigenvalue weighted by Gasteiger charge is 2.33. The zero-order chi connectivity index (χ0) is 12.5. The summed E-state index contributed by atoms with van der Waals surface area (Å²) in [5, 5.41) is 11.2. The van der Waals surface area contributed by atoms with E-state index in [1.54, 1.807) is 13.2 Å². The molecule has 1 aromatic rings. The van der Waals surface area contributed by atoms with Crippen LogP contribution in [-0.4, -0.2) is 29.1 Å². The molecular weight excluding hydrogens is 263 g/mol. The Hall–Kier alpha value is -0.970. The first kappa shape index (κ1) is 12.5. The number of halogens is 2. The third kappa shape index (κ3) is 2.34. The van der Waals surface area contributed by atoms with Gasteiger partial charge in [-0.3, -0.25) is 0 Å². The van der Waals surface area contributed by atoms with Gasteiger partial charge in [0.05, 0.1) is 12.8 Å². The fourth-order valence-corrected chi connectivity index (χ4v) is 2.31. The first-order valence-corrected chi connectivity index (χ1v) is 5.86. The van der Waals surface area contributed by atoms with Gasteiger partial charge in [0, 0.05) is 18.6 Å². The summed E-state index contributed by atoms with van der Waals surface area (Å²) in [6.07, 6.45) is 0.252. The van der Waals surface area contributed by atoms with E-state index in [9.17, 15) is 0 Å². The van der Waals surface area contributed by atoms with E-state index in [4.69, 9.17) is 33.0 Å². The Morgan fingerprint density at radius 1 is 1.53 bits per heavy atom. The fourth-order valence-electron chi connectivity index (χ4n) is 1.70. The molecule has 92 valence electrons. The molecule has 0 spiro atoms. The van der Waals surface area contributed by atoms with Gasteiger partial charge < -0.3 is 15.2 Å². The zero-order valence-corrected chi connectivity index (χ0v) is 10.7. The maximum Gasteiger partial charge on any atom is 0.210 e. The number of nitrogens with one attached hydrogen (secondary N) is 1. The highest BCUT2D eigenvalue weighted by Crippen LogP contribution is 2.39. The molecule has 0 radical (unpaired) electrons. The van der Waals surface area contributed by atoms with Gasteiger partial charge in [-0.05, 0) is 12.1 Å². The number of nitrogens with zero attached hydrogens (tertiary/aromatic N) is 1. The van der Waals surface area contributed by atoms with Crippen LogP contribution in [0.5, 0.6) is 5.75 Å².